The molecule has 84 valence electrons. The smallest absolute Gasteiger partial charge is 0.345 e. The highest BCUT2D eigenvalue weighted by molar-refractivity contribution is 7.12. The van der Waals surface area contributed by atoms with Crippen molar-refractivity contribution in [3.63, 3.8) is 0 Å². The van der Waals surface area contributed by atoms with Crippen molar-refractivity contribution in [2.75, 3.05) is 0 Å². The van der Waals surface area contributed by atoms with Crippen molar-refractivity contribution in [1.82, 2.24) is 9.55 Å². The van der Waals surface area contributed by atoms with Crippen molar-refractivity contribution in [1.29, 1.82) is 0 Å². The molecule has 0 saturated carbocycles. The molecule has 3 aromatic rings. The molecule has 2 heterocycles. The number of hydrogen-bond acceptors (Lipinski definition) is 3. The Balaban J connectivity index is 2.17. The van der Waals surface area contributed by atoms with Gasteiger partial charge in [0, 0.05) is 5.38 Å². The number of rotatable bonds is 2. The lowest BCUT2D eigenvalue weighted by molar-refractivity contribution is 0.0702. The Labute approximate surface area is 101 Å². The number of imidazole rings is 1. The summed E-state index contributed by atoms with van der Waals surface area (Å²) in [6.45, 7) is 0. The highest BCUT2D eigenvalue weighted by Crippen LogP contribution is 2.22. The number of carboxylic acid groups (broad SMARTS) is 1. The van der Waals surface area contributed by atoms with E-state index in [2.05, 4.69) is 4.98 Å². The van der Waals surface area contributed by atoms with Gasteiger partial charge in [-0.05, 0) is 18.2 Å². The van der Waals surface area contributed by atoms with E-state index >= 15 is 0 Å². The first-order valence-corrected chi connectivity index (χ1v) is 5.88. The molecule has 0 spiro atoms. The van der Waals surface area contributed by atoms with Gasteiger partial charge in [-0.2, -0.15) is 0 Å². The number of nitrogens with zero attached hydrogens (tertiary/aromatic N) is 2. The second-order valence-electron chi connectivity index (χ2n) is 3.58. The number of fused-ring (bicyclic) bond motifs is 1. The lowest BCUT2D eigenvalue weighted by Gasteiger charge is -1.99. The zero-order chi connectivity index (χ0) is 11.8. The van der Waals surface area contributed by atoms with Gasteiger partial charge in [0.1, 0.15) is 11.2 Å². The van der Waals surface area contributed by atoms with E-state index in [1.807, 2.05) is 34.2 Å². The van der Waals surface area contributed by atoms with Gasteiger partial charge in [0.25, 0.3) is 0 Å². The van der Waals surface area contributed by atoms with Crippen LogP contribution in [-0.4, -0.2) is 20.6 Å². The third-order valence-corrected chi connectivity index (χ3v) is 3.43. The third-order valence-electron chi connectivity index (χ3n) is 2.53. The van der Waals surface area contributed by atoms with Crippen molar-refractivity contribution in [3.05, 3.63) is 46.9 Å². The number of thiophene rings is 1. The maximum atomic E-state index is 10.8. The fourth-order valence-electron chi connectivity index (χ4n) is 1.73. The molecule has 4 nitrogen and oxygen atoms in total. The minimum absolute atomic E-state index is 0.331. The van der Waals surface area contributed by atoms with E-state index in [4.69, 9.17) is 5.11 Å². The van der Waals surface area contributed by atoms with Crippen LogP contribution in [0.3, 0.4) is 0 Å². The molecular weight excluding hydrogens is 236 g/mol. The molecule has 0 aliphatic carbocycles. The van der Waals surface area contributed by atoms with Crippen LogP contribution in [0.15, 0.2) is 42.0 Å². The number of benzene rings is 1. The van der Waals surface area contributed by atoms with Crippen LogP contribution in [0.4, 0.5) is 0 Å². The summed E-state index contributed by atoms with van der Waals surface area (Å²) < 4.78 is 1.89. The van der Waals surface area contributed by atoms with Crippen LogP contribution in [0.2, 0.25) is 0 Å². The number of carbonyl (C=O) groups is 1. The minimum Gasteiger partial charge on any atom is -0.477 e. The Morgan fingerprint density at radius 2 is 2.18 bits per heavy atom. The van der Waals surface area contributed by atoms with Gasteiger partial charge >= 0.3 is 5.97 Å². The zero-order valence-corrected chi connectivity index (χ0v) is 9.52. The van der Waals surface area contributed by atoms with Gasteiger partial charge in [0.05, 0.1) is 16.7 Å². The molecule has 0 unspecified atom stereocenters. The first-order valence-electron chi connectivity index (χ1n) is 5.00. The van der Waals surface area contributed by atoms with Crippen LogP contribution >= 0.6 is 11.3 Å². The molecule has 5 heteroatoms. The highest BCUT2D eigenvalue weighted by Gasteiger charge is 2.09. The number of carboxylic acids is 1. The average molecular weight is 244 g/mol. The summed E-state index contributed by atoms with van der Waals surface area (Å²) in [5.41, 5.74) is 2.71. The molecule has 0 aliphatic heterocycles. The van der Waals surface area contributed by atoms with Gasteiger partial charge in [-0.25, -0.2) is 9.78 Å². The van der Waals surface area contributed by atoms with E-state index in [9.17, 15) is 4.79 Å². The Morgan fingerprint density at radius 1 is 1.35 bits per heavy atom. The molecule has 0 amide bonds. The average Bonchev–Trinajstić information content (AvgIpc) is 2.95. The summed E-state index contributed by atoms with van der Waals surface area (Å²) in [5.74, 6) is -0.898. The summed E-state index contributed by atoms with van der Waals surface area (Å²) in [6.07, 6.45) is 1.71. The van der Waals surface area contributed by atoms with Crippen molar-refractivity contribution in [2.24, 2.45) is 0 Å². The SMILES string of the molecule is O=C(O)c1cc(-n2cnc3ccccc32)cs1. The Hall–Kier alpha value is -2.14. The van der Waals surface area contributed by atoms with Gasteiger partial charge < -0.3 is 5.11 Å². The number of para-hydroxylation sites is 2. The molecule has 0 radical (unpaired) electrons. The van der Waals surface area contributed by atoms with Crippen LogP contribution in [-0.2, 0) is 0 Å². The van der Waals surface area contributed by atoms with Gasteiger partial charge in [-0.3, -0.25) is 4.57 Å². The number of aromatic nitrogens is 2. The maximum absolute atomic E-state index is 10.8. The largest absolute Gasteiger partial charge is 0.477 e. The second kappa shape index (κ2) is 3.71. The van der Waals surface area contributed by atoms with Crippen molar-refractivity contribution < 1.29 is 9.90 Å². The summed E-state index contributed by atoms with van der Waals surface area (Å²) in [6, 6.07) is 9.40. The van der Waals surface area contributed by atoms with Crippen LogP contribution in [0.1, 0.15) is 9.67 Å². The van der Waals surface area contributed by atoms with E-state index in [1.165, 1.54) is 11.3 Å². The molecule has 0 bridgehead atoms. The number of aromatic carboxylic acids is 1. The normalized spacial score (nSPS) is 10.8. The quantitative estimate of drug-likeness (QED) is 0.754. The molecular formula is C12H8N2O2S. The van der Waals surface area contributed by atoms with Crippen molar-refractivity contribution in [2.45, 2.75) is 0 Å². The van der Waals surface area contributed by atoms with Crippen LogP contribution in [0.5, 0.6) is 0 Å². The molecule has 1 N–H and O–H groups in total. The van der Waals surface area contributed by atoms with Gasteiger partial charge in [0.2, 0.25) is 0 Å². The second-order valence-corrected chi connectivity index (χ2v) is 4.49. The first kappa shape index (κ1) is 10.0. The fourth-order valence-corrected chi connectivity index (χ4v) is 2.45. The standard InChI is InChI=1S/C12H8N2O2S/c15-12(16)11-5-8(6-17-11)14-7-13-9-3-1-2-4-10(9)14/h1-7H,(H,15,16). The predicted molar refractivity (Wildman–Crippen MR) is 65.9 cm³/mol. The summed E-state index contributed by atoms with van der Waals surface area (Å²) >= 11 is 1.22. The zero-order valence-electron chi connectivity index (χ0n) is 8.70. The lowest BCUT2D eigenvalue weighted by Crippen LogP contribution is -1.92. The number of hydrogen-bond donors (Lipinski definition) is 1. The molecule has 17 heavy (non-hydrogen) atoms. The van der Waals surface area contributed by atoms with Gasteiger partial charge in [-0.15, -0.1) is 11.3 Å². The van der Waals surface area contributed by atoms with E-state index in [0.717, 1.165) is 16.7 Å². The molecule has 0 fully saturated rings. The fraction of sp³-hybridized carbons (Fsp3) is 0. The summed E-state index contributed by atoms with van der Waals surface area (Å²) in [7, 11) is 0. The molecule has 3 rings (SSSR count). The van der Waals surface area contributed by atoms with Crippen LogP contribution < -0.4 is 0 Å². The minimum atomic E-state index is -0.898. The van der Waals surface area contributed by atoms with E-state index in [0.29, 0.717) is 4.88 Å². The molecule has 1 aromatic carbocycles. The monoisotopic (exact) mass is 244 g/mol. The molecule has 0 atom stereocenters. The third kappa shape index (κ3) is 1.60. The maximum Gasteiger partial charge on any atom is 0.345 e. The van der Waals surface area contributed by atoms with E-state index < -0.39 is 5.97 Å². The van der Waals surface area contributed by atoms with E-state index in [-0.39, 0.29) is 0 Å². The van der Waals surface area contributed by atoms with Crippen molar-refractivity contribution >= 4 is 28.3 Å². The molecule has 0 saturated heterocycles. The van der Waals surface area contributed by atoms with E-state index in [1.54, 1.807) is 12.4 Å². The molecule has 0 aliphatic rings. The Bertz CT molecular complexity index is 699. The first-order chi connectivity index (χ1) is 8.25. The Kier molecular flexibility index (Phi) is 2.19. The van der Waals surface area contributed by atoms with Crippen LogP contribution in [0.25, 0.3) is 16.7 Å². The van der Waals surface area contributed by atoms with Crippen LogP contribution in [0, 0.1) is 0 Å². The highest BCUT2D eigenvalue weighted by atomic mass is 32.1. The summed E-state index contributed by atoms with van der Waals surface area (Å²) in [4.78, 5) is 15.4. The van der Waals surface area contributed by atoms with Gasteiger partial charge in [0.15, 0.2) is 0 Å². The summed E-state index contributed by atoms with van der Waals surface area (Å²) in [5, 5.41) is 10.7. The molecule has 2 aromatic heterocycles. The Morgan fingerprint density at radius 3 is 2.94 bits per heavy atom. The lowest BCUT2D eigenvalue weighted by atomic mass is 10.3. The van der Waals surface area contributed by atoms with Gasteiger partial charge in [-0.1, -0.05) is 12.1 Å². The van der Waals surface area contributed by atoms with Crippen molar-refractivity contribution in [3.8, 4) is 5.69 Å². The predicted octanol–water partition coefficient (Wildman–Crippen LogP) is 2.79. The topological polar surface area (TPSA) is 55.1 Å².